The average Bonchev–Trinajstić information content (AvgIpc) is 2.94. The maximum absolute atomic E-state index is 11.8. The lowest BCUT2D eigenvalue weighted by Crippen LogP contribution is -2.31. The van der Waals surface area contributed by atoms with Crippen molar-refractivity contribution >= 4 is 21.8 Å². The summed E-state index contributed by atoms with van der Waals surface area (Å²) in [7, 11) is 0. The molecule has 1 amide bonds. The van der Waals surface area contributed by atoms with E-state index in [1.807, 2.05) is 13.8 Å². The van der Waals surface area contributed by atoms with Gasteiger partial charge in [-0.25, -0.2) is 4.79 Å². The summed E-state index contributed by atoms with van der Waals surface area (Å²) in [6.45, 7) is 4.15. The van der Waals surface area contributed by atoms with Gasteiger partial charge >= 0.3 is 5.76 Å². The third-order valence-corrected chi connectivity index (χ3v) is 3.50. The maximum atomic E-state index is 11.8. The van der Waals surface area contributed by atoms with Crippen LogP contribution in [-0.4, -0.2) is 32.4 Å². The molecule has 0 fully saturated rings. The van der Waals surface area contributed by atoms with E-state index in [9.17, 15) is 9.59 Å². The number of H-pyrrole nitrogens is 1. The second kappa shape index (κ2) is 6.04. The van der Waals surface area contributed by atoms with E-state index in [1.54, 1.807) is 10.9 Å². The van der Waals surface area contributed by atoms with E-state index in [2.05, 4.69) is 41.0 Å². The van der Waals surface area contributed by atoms with E-state index in [1.165, 1.54) is 0 Å². The largest absolute Gasteiger partial charge is 0.438 e. The third kappa shape index (κ3) is 3.56. The number of hydrogen-bond donors (Lipinski definition) is 2. The Bertz CT molecular complexity index is 640. The number of amides is 1. The van der Waals surface area contributed by atoms with Gasteiger partial charge in [-0.05, 0) is 22.9 Å². The van der Waals surface area contributed by atoms with E-state index in [4.69, 9.17) is 0 Å². The van der Waals surface area contributed by atoms with Gasteiger partial charge in [-0.15, -0.1) is 0 Å². The normalized spacial score (nSPS) is 12.3. The minimum absolute atomic E-state index is 0.133. The molecule has 0 saturated heterocycles. The van der Waals surface area contributed by atoms with Crippen LogP contribution in [0.2, 0.25) is 0 Å². The van der Waals surface area contributed by atoms with Crippen LogP contribution in [-0.2, 0) is 11.3 Å². The average molecular weight is 344 g/mol. The van der Waals surface area contributed by atoms with Crippen LogP contribution < -0.4 is 11.1 Å². The summed E-state index contributed by atoms with van der Waals surface area (Å²) >= 11 is 3.33. The quantitative estimate of drug-likeness (QED) is 0.824. The van der Waals surface area contributed by atoms with E-state index >= 15 is 0 Å². The highest BCUT2D eigenvalue weighted by Gasteiger charge is 2.13. The molecule has 2 heterocycles. The number of aromatic amines is 1. The maximum Gasteiger partial charge on any atom is 0.438 e. The molecule has 1 atom stereocenters. The minimum Gasteiger partial charge on any atom is -0.354 e. The van der Waals surface area contributed by atoms with Gasteiger partial charge in [-0.2, -0.15) is 5.10 Å². The van der Waals surface area contributed by atoms with Crippen molar-refractivity contribution in [1.82, 2.24) is 25.2 Å². The lowest BCUT2D eigenvalue weighted by Gasteiger charge is -2.09. The highest BCUT2D eigenvalue weighted by Crippen LogP contribution is 2.12. The molecule has 0 aliphatic heterocycles. The van der Waals surface area contributed by atoms with Gasteiger partial charge in [-0.1, -0.05) is 12.1 Å². The van der Waals surface area contributed by atoms with Gasteiger partial charge in [0.1, 0.15) is 6.54 Å². The summed E-state index contributed by atoms with van der Waals surface area (Å²) in [4.78, 5) is 25.0. The van der Waals surface area contributed by atoms with Crippen molar-refractivity contribution in [2.24, 2.45) is 0 Å². The predicted octanol–water partition coefficient (Wildman–Crippen LogP) is 0.550. The van der Waals surface area contributed by atoms with Gasteiger partial charge in [-0.3, -0.25) is 19.0 Å². The fourth-order valence-corrected chi connectivity index (χ4v) is 1.91. The van der Waals surface area contributed by atoms with Crippen LogP contribution in [0.1, 0.15) is 24.4 Å². The molecule has 8 nitrogen and oxygen atoms in total. The second-order valence-electron chi connectivity index (χ2n) is 4.45. The van der Waals surface area contributed by atoms with Crippen LogP contribution in [0.5, 0.6) is 0 Å². The minimum atomic E-state index is -0.602. The molecule has 0 spiro atoms. The Morgan fingerprint density at radius 1 is 1.65 bits per heavy atom. The number of halogens is 1. The van der Waals surface area contributed by atoms with E-state index in [-0.39, 0.29) is 18.4 Å². The Labute approximate surface area is 122 Å². The first-order chi connectivity index (χ1) is 9.45. The first-order valence-corrected chi connectivity index (χ1v) is 6.77. The Balaban J connectivity index is 1.84. The summed E-state index contributed by atoms with van der Waals surface area (Å²) in [5, 5.41) is 10.5. The molecule has 20 heavy (non-hydrogen) atoms. The number of carbonyl (C=O) groups is 1. The molecular formula is C11H14BrN5O3. The van der Waals surface area contributed by atoms with Gasteiger partial charge < -0.3 is 5.32 Å². The molecule has 0 aromatic carbocycles. The number of hydrogen-bond acceptors (Lipinski definition) is 5. The van der Waals surface area contributed by atoms with Gasteiger partial charge in [0.05, 0.1) is 10.2 Å². The van der Waals surface area contributed by atoms with Crippen molar-refractivity contribution in [1.29, 1.82) is 0 Å². The molecule has 0 aliphatic carbocycles. The predicted molar refractivity (Wildman–Crippen MR) is 73.2 cm³/mol. The van der Waals surface area contributed by atoms with Crippen LogP contribution in [0.15, 0.2) is 20.0 Å². The van der Waals surface area contributed by atoms with Gasteiger partial charge in [0, 0.05) is 18.7 Å². The summed E-state index contributed by atoms with van der Waals surface area (Å²) in [5.41, 5.74) is 0.825. The molecule has 0 bridgehead atoms. The Morgan fingerprint density at radius 2 is 2.40 bits per heavy atom. The third-order valence-electron chi connectivity index (χ3n) is 2.72. The molecule has 0 saturated carbocycles. The number of carbonyl (C=O) groups excluding carboxylic acids is 1. The SMILES string of the molecule is Cc1nn(CC(=O)NCC(C)c2noc(=O)[nH]2)cc1Br. The van der Waals surface area contributed by atoms with Gasteiger partial charge in [0.25, 0.3) is 0 Å². The van der Waals surface area contributed by atoms with Crippen LogP contribution in [0.3, 0.4) is 0 Å². The molecule has 2 aromatic rings. The lowest BCUT2D eigenvalue weighted by atomic mass is 10.2. The Morgan fingerprint density at radius 3 is 2.95 bits per heavy atom. The standard InChI is InChI=1S/C11H14BrN5O3/c1-6(10-14-11(19)20-16-10)3-13-9(18)5-17-4-8(12)7(2)15-17/h4,6H,3,5H2,1-2H3,(H,13,18)(H,14,16,19). The molecule has 1 unspecified atom stereocenters. The second-order valence-corrected chi connectivity index (χ2v) is 5.30. The number of aromatic nitrogens is 4. The van der Waals surface area contributed by atoms with Crippen molar-refractivity contribution < 1.29 is 9.32 Å². The molecule has 0 radical (unpaired) electrons. The van der Waals surface area contributed by atoms with E-state index < -0.39 is 5.76 Å². The first-order valence-electron chi connectivity index (χ1n) is 5.98. The fraction of sp³-hybridized carbons (Fsp3) is 0.455. The summed E-state index contributed by atoms with van der Waals surface area (Å²) < 4.78 is 6.82. The summed E-state index contributed by atoms with van der Waals surface area (Å²) in [5.74, 6) is -0.503. The summed E-state index contributed by atoms with van der Waals surface area (Å²) in [6, 6.07) is 0. The number of nitrogens with one attached hydrogen (secondary N) is 2. The first kappa shape index (κ1) is 14.5. The van der Waals surface area contributed by atoms with Crippen molar-refractivity contribution in [2.45, 2.75) is 26.3 Å². The number of rotatable bonds is 5. The van der Waals surface area contributed by atoms with Crippen molar-refractivity contribution in [3.63, 3.8) is 0 Å². The number of nitrogens with zero attached hydrogens (tertiary/aromatic N) is 3. The zero-order chi connectivity index (χ0) is 14.7. The Hall–Kier alpha value is -1.90. The molecule has 108 valence electrons. The number of aryl methyl sites for hydroxylation is 1. The van der Waals surface area contributed by atoms with Gasteiger partial charge in [0.2, 0.25) is 5.91 Å². The van der Waals surface area contributed by atoms with Crippen LogP contribution in [0.4, 0.5) is 0 Å². The van der Waals surface area contributed by atoms with Crippen molar-refractivity contribution in [3.8, 4) is 0 Å². The molecule has 9 heteroatoms. The smallest absolute Gasteiger partial charge is 0.354 e. The zero-order valence-corrected chi connectivity index (χ0v) is 12.6. The lowest BCUT2D eigenvalue weighted by molar-refractivity contribution is -0.121. The van der Waals surface area contributed by atoms with Crippen LogP contribution in [0, 0.1) is 6.92 Å². The molecular weight excluding hydrogens is 330 g/mol. The topological polar surface area (TPSA) is 106 Å². The van der Waals surface area contributed by atoms with E-state index in [0.717, 1.165) is 10.2 Å². The Kier molecular flexibility index (Phi) is 4.38. The van der Waals surface area contributed by atoms with Crippen LogP contribution in [0.25, 0.3) is 0 Å². The highest BCUT2D eigenvalue weighted by atomic mass is 79.9. The summed E-state index contributed by atoms with van der Waals surface area (Å²) in [6.07, 6.45) is 1.74. The molecule has 2 rings (SSSR count). The van der Waals surface area contributed by atoms with Crippen molar-refractivity contribution in [3.05, 3.63) is 32.7 Å². The van der Waals surface area contributed by atoms with Crippen LogP contribution >= 0.6 is 15.9 Å². The fourth-order valence-electron chi connectivity index (χ4n) is 1.60. The van der Waals surface area contributed by atoms with Gasteiger partial charge in [0.15, 0.2) is 5.82 Å². The zero-order valence-electron chi connectivity index (χ0n) is 11.0. The molecule has 2 aromatic heterocycles. The van der Waals surface area contributed by atoms with Crippen molar-refractivity contribution in [2.75, 3.05) is 6.54 Å². The monoisotopic (exact) mass is 343 g/mol. The molecule has 0 aliphatic rings. The van der Waals surface area contributed by atoms with E-state index in [0.29, 0.717) is 12.4 Å². The molecule has 2 N–H and O–H groups in total. The highest BCUT2D eigenvalue weighted by molar-refractivity contribution is 9.10.